The van der Waals surface area contributed by atoms with Gasteiger partial charge in [-0.25, -0.2) is 9.37 Å². The number of nitrogens with zero attached hydrogens (tertiary/aromatic N) is 1. The molecule has 4 heteroatoms. The maximum absolute atomic E-state index is 13.3. The second-order valence-electron chi connectivity index (χ2n) is 3.96. The third-order valence-electron chi connectivity index (χ3n) is 2.97. The molecule has 0 bridgehead atoms. The van der Waals surface area contributed by atoms with Crippen LogP contribution in [0.15, 0.2) is 18.3 Å². The molecule has 2 N–H and O–H groups in total. The standard InChI is InChI=1S/C11H15FN2O/c12-9-4-2-6-13-11(9)14-10-5-1-3-8(10)7-15/h2,4,6,8,10,15H,1,3,5,7H2,(H,13,14). The molecule has 1 saturated carbocycles. The van der Waals surface area contributed by atoms with Gasteiger partial charge in [-0.1, -0.05) is 6.42 Å². The summed E-state index contributed by atoms with van der Waals surface area (Å²) in [5, 5.41) is 12.2. The lowest BCUT2D eigenvalue weighted by molar-refractivity contribution is 0.222. The predicted octanol–water partition coefficient (Wildman–Crippen LogP) is 1.79. The molecule has 0 spiro atoms. The Balaban J connectivity index is 2.05. The van der Waals surface area contributed by atoms with Crippen LogP contribution in [0.1, 0.15) is 19.3 Å². The van der Waals surface area contributed by atoms with Crippen molar-refractivity contribution in [3.05, 3.63) is 24.1 Å². The predicted molar refractivity (Wildman–Crippen MR) is 56.0 cm³/mol. The molecule has 1 aliphatic rings. The number of hydrogen-bond donors (Lipinski definition) is 2. The van der Waals surface area contributed by atoms with Gasteiger partial charge in [0.2, 0.25) is 0 Å². The van der Waals surface area contributed by atoms with Crippen LogP contribution in [-0.2, 0) is 0 Å². The Labute approximate surface area is 88.3 Å². The zero-order valence-corrected chi connectivity index (χ0v) is 8.49. The molecule has 1 aliphatic carbocycles. The topological polar surface area (TPSA) is 45.1 Å². The Morgan fingerprint density at radius 2 is 2.40 bits per heavy atom. The van der Waals surface area contributed by atoms with Crippen molar-refractivity contribution < 1.29 is 9.50 Å². The highest BCUT2D eigenvalue weighted by atomic mass is 19.1. The van der Waals surface area contributed by atoms with E-state index in [-0.39, 0.29) is 24.4 Å². The Bertz CT molecular complexity index is 332. The van der Waals surface area contributed by atoms with Crippen molar-refractivity contribution in [3.8, 4) is 0 Å². The van der Waals surface area contributed by atoms with Crippen molar-refractivity contribution in [2.45, 2.75) is 25.3 Å². The van der Waals surface area contributed by atoms with Gasteiger partial charge >= 0.3 is 0 Å². The monoisotopic (exact) mass is 210 g/mol. The van der Waals surface area contributed by atoms with Crippen LogP contribution in [0.4, 0.5) is 10.2 Å². The van der Waals surface area contributed by atoms with Crippen LogP contribution < -0.4 is 5.32 Å². The maximum atomic E-state index is 13.3. The normalized spacial score (nSPS) is 25.5. The summed E-state index contributed by atoms with van der Waals surface area (Å²) < 4.78 is 13.3. The van der Waals surface area contributed by atoms with E-state index in [1.807, 2.05) is 0 Å². The smallest absolute Gasteiger partial charge is 0.165 e. The fourth-order valence-electron chi connectivity index (χ4n) is 2.11. The molecule has 1 aromatic rings. The Morgan fingerprint density at radius 3 is 3.13 bits per heavy atom. The van der Waals surface area contributed by atoms with Gasteiger partial charge in [-0.3, -0.25) is 0 Å². The fraction of sp³-hybridized carbons (Fsp3) is 0.545. The lowest BCUT2D eigenvalue weighted by Gasteiger charge is -2.19. The highest BCUT2D eigenvalue weighted by molar-refractivity contribution is 5.37. The zero-order valence-electron chi connectivity index (χ0n) is 8.49. The molecule has 82 valence electrons. The number of pyridine rings is 1. The van der Waals surface area contributed by atoms with Gasteiger partial charge in [0.1, 0.15) is 0 Å². The van der Waals surface area contributed by atoms with E-state index in [0.29, 0.717) is 5.82 Å². The first kappa shape index (κ1) is 10.4. The Morgan fingerprint density at radius 1 is 1.53 bits per heavy atom. The number of hydrogen-bond acceptors (Lipinski definition) is 3. The van der Waals surface area contributed by atoms with Crippen LogP contribution in [0, 0.1) is 11.7 Å². The molecule has 0 radical (unpaired) electrons. The second kappa shape index (κ2) is 4.57. The molecule has 0 aromatic carbocycles. The highest BCUT2D eigenvalue weighted by Crippen LogP contribution is 2.28. The average molecular weight is 210 g/mol. The molecule has 1 heterocycles. The van der Waals surface area contributed by atoms with Gasteiger partial charge in [0.05, 0.1) is 0 Å². The summed E-state index contributed by atoms with van der Waals surface area (Å²) in [6, 6.07) is 3.11. The van der Waals surface area contributed by atoms with E-state index in [9.17, 15) is 4.39 Å². The maximum Gasteiger partial charge on any atom is 0.165 e. The SMILES string of the molecule is OCC1CCCC1Nc1ncccc1F. The first-order valence-corrected chi connectivity index (χ1v) is 5.29. The van der Waals surface area contributed by atoms with Crippen LogP contribution >= 0.6 is 0 Å². The third-order valence-corrected chi connectivity index (χ3v) is 2.97. The van der Waals surface area contributed by atoms with Crippen molar-refractivity contribution in [2.75, 3.05) is 11.9 Å². The summed E-state index contributed by atoms with van der Waals surface area (Å²) >= 11 is 0. The van der Waals surface area contributed by atoms with E-state index in [4.69, 9.17) is 5.11 Å². The van der Waals surface area contributed by atoms with E-state index in [2.05, 4.69) is 10.3 Å². The number of nitrogens with one attached hydrogen (secondary N) is 1. The molecule has 2 atom stereocenters. The van der Waals surface area contributed by atoms with Crippen LogP contribution in [0.2, 0.25) is 0 Å². The minimum absolute atomic E-state index is 0.152. The summed E-state index contributed by atoms with van der Waals surface area (Å²) in [5.74, 6) is 0.190. The van der Waals surface area contributed by atoms with E-state index in [1.165, 1.54) is 6.07 Å². The summed E-state index contributed by atoms with van der Waals surface area (Å²) in [6.45, 7) is 0.159. The van der Waals surface area contributed by atoms with Gasteiger partial charge in [0.25, 0.3) is 0 Å². The van der Waals surface area contributed by atoms with Gasteiger partial charge in [-0.15, -0.1) is 0 Å². The van der Waals surface area contributed by atoms with Crippen LogP contribution in [0.5, 0.6) is 0 Å². The number of rotatable bonds is 3. The number of aliphatic hydroxyl groups is 1. The Hall–Kier alpha value is -1.16. The number of anilines is 1. The Kier molecular flexibility index (Phi) is 3.16. The van der Waals surface area contributed by atoms with Gasteiger partial charge in [-0.2, -0.15) is 0 Å². The molecular formula is C11H15FN2O. The number of aromatic nitrogens is 1. The quantitative estimate of drug-likeness (QED) is 0.799. The van der Waals surface area contributed by atoms with Crippen LogP contribution in [0.3, 0.4) is 0 Å². The fourth-order valence-corrected chi connectivity index (χ4v) is 2.11. The molecule has 2 unspecified atom stereocenters. The summed E-state index contributed by atoms with van der Waals surface area (Å²) in [5.41, 5.74) is 0. The molecule has 0 saturated heterocycles. The van der Waals surface area contributed by atoms with Gasteiger partial charge < -0.3 is 10.4 Å². The molecule has 1 aromatic heterocycles. The summed E-state index contributed by atoms with van der Waals surface area (Å²) in [4.78, 5) is 3.94. The van der Waals surface area contributed by atoms with Crippen molar-refractivity contribution in [1.82, 2.24) is 4.98 Å². The molecule has 0 aliphatic heterocycles. The minimum Gasteiger partial charge on any atom is -0.396 e. The van der Waals surface area contributed by atoms with Gasteiger partial charge in [0.15, 0.2) is 11.6 Å². The largest absolute Gasteiger partial charge is 0.396 e. The van der Waals surface area contributed by atoms with Crippen LogP contribution in [-0.4, -0.2) is 22.7 Å². The first-order chi connectivity index (χ1) is 7.31. The molecule has 3 nitrogen and oxygen atoms in total. The van der Waals surface area contributed by atoms with Gasteiger partial charge in [0, 0.05) is 24.8 Å². The zero-order chi connectivity index (χ0) is 10.7. The lowest BCUT2D eigenvalue weighted by atomic mass is 10.1. The number of aliphatic hydroxyl groups excluding tert-OH is 1. The summed E-state index contributed by atoms with van der Waals surface area (Å²) in [7, 11) is 0. The highest BCUT2D eigenvalue weighted by Gasteiger charge is 2.27. The second-order valence-corrected chi connectivity index (χ2v) is 3.96. The van der Waals surface area contributed by atoms with E-state index in [1.54, 1.807) is 12.3 Å². The van der Waals surface area contributed by atoms with Gasteiger partial charge in [-0.05, 0) is 25.0 Å². The lowest BCUT2D eigenvalue weighted by Crippen LogP contribution is -2.27. The van der Waals surface area contributed by atoms with Crippen molar-refractivity contribution >= 4 is 5.82 Å². The van der Waals surface area contributed by atoms with Crippen molar-refractivity contribution in [3.63, 3.8) is 0 Å². The van der Waals surface area contributed by atoms with E-state index < -0.39 is 0 Å². The average Bonchev–Trinajstić information content (AvgIpc) is 2.69. The van der Waals surface area contributed by atoms with Crippen molar-refractivity contribution in [1.29, 1.82) is 0 Å². The van der Waals surface area contributed by atoms with E-state index in [0.717, 1.165) is 19.3 Å². The van der Waals surface area contributed by atoms with Crippen LogP contribution in [0.25, 0.3) is 0 Å². The summed E-state index contributed by atoms with van der Waals surface area (Å²) in [6.07, 6.45) is 4.62. The number of halogens is 1. The van der Waals surface area contributed by atoms with E-state index >= 15 is 0 Å². The first-order valence-electron chi connectivity index (χ1n) is 5.29. The molecule has 15 heavy (non-hydrogen) atoms. The molecular weight excluding hydrogens is 195 g/mol. The molecule has 2 rings (SSSR count). The third kappa shape index (κ3) is 2.26. The van der Waals surface area contributed by atoms with Crippen molar-refractivity contribution in [2.24, 2.45) is 5.92 Å². The molecule has 0 amide bonds. The minimum atomic E-state index is -0.332. The molecule has 1 fully saturated rings.